The van der Waals surface area contributed by atoms with Gasteiger partial charge in [-0.1, -0.05) is 42.1 Å². The van der Waals surface area contributed by atoms with Crippen LogP contribution in [0.4, 0.5) is 0 Å². The minimum atomic E-state index is -0.668. The summed E-state index contributed by atoms with van der Waals surface area (Å²) in [5.41, 5.74) is 1.65. The van der Waals surface area contributed by atoms with Gasteiger partial charge in [0.2, 0.25) is 0 Å². The Balaban J connectivity index is 1.73. The van der Waals surface area contributed by atoms with E-state index in [1.807, 2.05) is 63.2 Å². The lowest BCUT2D eigenvalue weighted by Gasteiger charge is -2.18. The Morgan fingerprint density at radius 1 is 1.15 bits per heavy atom. The molecule has 142 valence electrons. The maximum absolute atomic E-state index is 12.8. The topological polar surface area (TPSA) is 64.3 Å². The Labute approximate surface area is 163 Å². The van der Waals surface area contributed by atoms with Gasteiger partial charge in [0.1, 0.15) is 12.4 Å². The summed E-state index contributed by atoms with van der Waals surface area (Å²) in [6.07, 6.45) is -0.668. The molecule has 3 rings (SSSR count). The highest BCUT2D eigenvalue weighted by atomic mass is 32.2. The summed E-state index contributed by atoms with van der Waals surface area (Å²) >= 11 is 1.37. The first-order valence-electron chi connectivity index (χ1n) is 8.98. The standard InChI is InChI=1S/C21H24N2O3S/c1-14(2)23-20(25)17-9-5-6-10-18(17)22-21(23)27-13-16(24)12-26-19-11-7-4-8-15(19)3/h4-11,14,16,24H,12-13H2,1-3H3/t16-/m0/s1. The van der Waals surface area contributed by atoms with E-state index in [2.05, 4.69) is 4.98 Å². The summed E-state index contributed by atoms with van der Waals surface area (Å²) in [4.78, 5) is 17.4. The van der Waals surface area contributed by atoms with Crippen molar-refractivity contribution in [1.29, 1.82) is 0 Å². The van der Waals surface area contributed by atoms with E-state index >= 15 is 0 Å². The fraction of sp³-hybridized carbons (Fsp3) is 0.333. The minimum absolute atomic E-state index is 0.0162. The number of hydrogen-bond acceptors (Lipinski definition) is 5. The van der Waals surface area contributed by atoms with E-state index in [4.69, 9.17) is 4.74 Å². The van der Waals surface area contributed by atoms with Crippen molar-refractivity contribution in [3.63, 3.8) is 0 Å². The lowest BCUT2D eigenvalue weighted by Crippen LogP contribution is -2.26. The van der Waals surface area contributed by atoms with Crippen LogP contribution in [0.3, 0.4) is 0 Å². The van der Waals surface area contributed by atoms with Crippen LogP contribution in [0.25, 0.3) is 10.9 Å². The van der Waals surface area contributed by atoms with Crippen LogP contribution >= 0.6 is 11.8 Å². The van der Waals surface area contributed by atoms with Gasteiger partial charge in [-0.15, -0.1) is 0 Å². The molecule has 0 unspecified atom stereocenters. The van der Waals surface area contributed by atoms with E-state index in [0.717, 1.165) is 11.3 Å². The maximum Gasteiger partial charge on any atom is 0.262 e. The van der Waals surface area contributed by atoms with Gasteiger partial charge in [-0.25, -0.2) is 4.98 Å². The van der Waals surface area contributed by atoms with Gasteiger partial charge < -0.3 is 9.84 Å². The third kappa shape index (κ3) is 4.51. The normalized spacial score (nSPS) is 12.5. The maximum atomic E-state index is 12.8. The van der Waals surface area contributed by atoms with Crippen molar-refractivity contribution >= 4 is 22.7 Å². The molecule has 0 aliphatic carbocycles. The molecule has 1 heterocycles. The summed E-state index contributed by atoms with van der Waals surface area (Å²) < 4.78 is 7.39. The van der Waals surface area contributed by atoms with Crippen molar-refractivity contribution in [2.24, 2.45) is 0 Å². The molecule has 0 radical (unpaired) electrons. The molecule has 0 spiro atoms. The number of hydrogen-bond donors (Lipinski definition) is 1. The number of thioether (sulfide) groups is 1. The number of para-hydroxylation sites is 2. The summed E-state index contributed by atoms with van der Waals surface area (Å²) in [6.45, 7) is 6.08. The number of fused-ring (bicyclic) bond motifs is 1. The van der Waals surface area contributed by atoms with Gasteiger partial charge in [0, 0.05) is 11.8 Å². The fourth-order valence-corrected chi connectivity index (χ4v) is 3.84. The van der Waals surface area contributed by atoms with Crippen molar-refractivity contribution in [1.82, 2.24) is 9.55 Å². The zero-order chi connectivity index (χ0) is 19.4. The molecule has 1 atom stereocenters. The second-order valence-corrected chi connectivity index (χ2v) is 7.71. The molecule has 0 saturated carbocycles. The van der Waals surface area contributed by atoms with Crippen molar-refractivity contribution < 1.29 is 9.84 Å². The van der Waals surface area contributed by atoms with Crippen LogP contribution in [0, 0.1) is 6.92 Å². The van der Waals surface area contributed by atoms with Crippen LogP contribution in [0.15, 0.2) is 58.5 Å². The number of benzene rings is 2. The summed E-state index contributed by atoms with van der Waals surface area (Å²) in [5.74, 6) is 1.16. The van der Waals surface area contributed by atoms with Gasteiger partial charge in [0.05, 0.1) is 17.0 Å². The Bertz CT molecular complexity index is 985. The molecule has 0 fully saturated rings. The number of rotatable bonds is 7. The minimum Gasteiger partial charge on any atom is -0.491 e. The number of ether oxygens (including phenoxy) is 1. The predicted molar refractivity (Wildman–Crippen MR) is 110 cm³/mol. The third-order valence-corrected chi connectivity index (χ3v) is 5.32. The van der Waals surface area contributed by atoms with Gasteiger partial charge in [-0.05, 0) is 44.5 Å². The zero-order valence-electron chi connectivity index (χ0n) is 15.8. The Hall–Kier alpha value is -2.31. The van der Waals surface area contributed by atoms with Crippen LogP contribution < -0.4 is 10.3 Å². The second kappa shape index (κ2) is 8.59. The first-order chi connectivity index (χ1) is 13.0. The van der Waals surface area contributed by atoms with Crippen molar-refractivity contribution in [3.8, 4) is 5.75 Å². The molecule has 27 heavy (non-hydrogen) atoms. The van der Waals surface area contributed by atoms with Crippen molar-refractivity contribution in [3.05, 3.63) is 64.4 Å². The van der Waals surface area contributed by atoms with Crippen LogP contribution in [0.5, 0.6) is 5.75 Å². The fourth-order valence-electron chi connectivity index (χ4n) is 2.81. The molecule has 5 nitrogen and oxygen atoms in total. The Kier molecular flexibility index (Phi) is 6.19. The Morgan fingerprint density at radius 2 is 1.85 bits per heavy atom. The molecule has 0 amide bonds. The van der Waals surface area contributed by atoms with Gasteiger partial charge in [-0.2, -0.15) is 0 Å². The highest BCUT2D eigenvalue weighted by Crippen LogP contribution is 2.22. The SMILES string of the molecule is Cc1ccccc1OC[C@H](O)CSc1nc2ccccc2c(=O)n1C(C)C. The zero-order valence-corrected chi connectivity index (χ0v) is 16.6. The highest BCUT2D eigenvalue weighted by Gasteiger charge is 2.16. The van der Waals surface area contributed by atoms with Crippen molar-refractivity contribution in [2.75, 3.05) is 12.4 Å². The van der Waals surface area contributed by atoms with Crippen LogP contribution in [0.2, 0.25) is 0 Å². The van der Waals surface area contributed by atoms with Gasteiger partial charge in [0.15, 0.2) is 5.16 Å². The van der Waals surface area contributed by atoms with E-state index in [0.29, 0.717) is 21.8 Å². The number of aryl methyl sites for hydroxylation is 1. The van der Waals surface area contributed by atoms with Gasteiger partial charge >= 0.3 is 0 Å². The lowest BCUT2D eigenvalue weighted by molar-refractivity contribution is 0.126. The largest absolute Gasteiger partial charge is 0.491 e. The summed E-state index contributed by atoms with van der Waals surface area (Å²) in [7, 11) is 0. The molecule has 2 aromatic carbocycles. The van der Waals surface area contributed by atoms with E-state index in [1.165, 1.54) is 11.8 Å². The first-order valence-corrected chi connectivity index (χ1v) is 9.96. The molecule has 0 saturated heterocycles. The van der Waals surface area contributed by atoms with Crippen LogP contribution in [-0.2, 0) is 0 Å². The van der Waals surface area contributed by atoms with E-state index < -0.39 is 6.10 Å². The summed E-state index contributed by atoms with van der Waals surface area (Å²) in [5, 5.41) is 11.5. The molecule has 0 bridgehead atoms. The number of aliphatic hydroxyl groups excluding tert-OH is 1. The average Bonchev–Trinajstić information content (AvgIpc) is 2.65. The monoisotopic (exact) mass is 384 g/mol. The number of nitrogens with zero attached hydrogens (tertiary/aromatic N) is 2. The van der Waals surface area contributed by atoms with E-state index in [-0.39, 0.29) is 18.2 Å². The number of aliphatic hydroxyl groups is 1. The lowest BCUT2D eigenvalue weighted by atomic mass is 10.2. The second-order valence-electron chi connectivity index (χ2n) is 6.72. The molecule has 0 aliphatic heterocycles. The Morgan fingerprint density at radius 3 is 2.59 bits per heavy atom. The van der Waals surface area contributed by atoms with E-state index in [9.17, 15) is 9.90 Å². The van der Waals surface area contributed by atoms with Crippen LogP contribution in [0.1, 0.15) is 25.5 Å². The molecule has 0 aliphatic rings. The first kappa shape index (κ1) is 19.5. The third-order valence-electron chi connectivity index (χ3n) is 4.22. The van der Waals surface area contributed by atoms with E-state index in [1.54, 1.807) is 10.6 Å². The molecule has 6 heteroatoms. The average molecular weight is 385 g/mol. The van der Waals surface area contributed by atoms with Crippen LogP contribution in [-0.4, -0.2) is 33.1 Å². The molecular formula is C21H24N2O3S. The molecule has 1 N–H and O–H groups in total. The summed E-state index contributed by atoms with van der Waals surface area (Å²) in [6, 6.07) is 15.0. The highest BCUT2D eigenvalue weighted by molar-refractivity contribution is 7.99. The smallest absolute Gasteiger partial charge is 0.262 e. The van der Waals surface area contributed by atoms with Gasteiger partial charge in [-0.3, -0.25) is 9.36 Å². The van der Waals surface area contributed by atoms with Crippen molar-refractivity contribution in [2.45, 2.75) is 38.1 Å². The predicted octanol–water partition coefficient (Wildman–Crippen LogP) is 3.82. The molecule has 1 aromatic heterocycles. The van der Waals surface area contributed by atoms with Gasteiger partial charge in [0.25, 0.3) is 5.56 Å². The number of aromatic nitrogens is 2. The molecular weight excluding hydrogens is 360 g/mol. The quantitative estimate of drug-likeness (QED) is 0.496. The molecule has 3 aromatic rings.